The first-order chi connectivity index (χ1) is 4.33. The highest BCUT2D eigenvalue weighted by Gasteiger charge is 2.47. The highest BCUT2D eigenvalue weighted by Crippen LogP contribution is 2.53. The van der Waals surface area contributed by atoms with Gasteiger partial charge in [0.05, 0.1) is 0 Å². The Balaban J connectivity index is 2.03. The molecule has 1 atom stereocenters. The molecule has 9 heavy (non-hydrogen) atoms. The molecule has 1 aliphatic carbocycles. The highest BCUT2D eigenvalue weighted by atomic mass is 14.9. The molecule has 1 N–H and O–H groups in total. The second-order valence-corrected chi connectivity index (χ2v) is 3.73. The fraction of sp³-hybridized carbons (Fsp3) is 1.00. The quantitative estimate of drug-likeness (QED) is 0.516. The molecule has 0 unspecified atom stereocenters. The van der Waals surface area contributed by atoms with E-state index >= 15 is 0 Å². The molecule has 0 aromatic carbocycles. The van der Waals surface area contributed by atoms with Crippen molar-refractivity contribution in [2.45, 2.75) is 26.2 Å². The van der Waals surface area contributed by atoms with Gasteiger partial charge in [0.25, 0.3) is 0 Å². The molecule has 2 fully saturated rings. The van der Waals surface area contributed by atoms with E-state index in [4.69, 9.17) is 0 Å². The topological polar surface area (TPSA) is 12.0 Å². The Hall–Kier alpha value is -0.0400. The average Bonchev–Trinajstić information content (AvgIpc) is 2.60. The predicted octanol–water partition coefficient (Wildman–Crippen LogP) is 1.40. The minimum absolute atomic E-state index is 0.776. The zero-order chi connectivity index (χ0) is 6.32. The van der Waals surface area contributed by atoms with Gasteiger partial charge in [-0.3, -0.25) is 0 Å². The lowest BCUT2D eigenvalue weighted by atomic mass is 9.85. The molecule has 52 valence electrons. The largest absolute Gasteiger partial charge is 0.316 e. The van der Waals surface area contributed by atoms with Crippen molar-refractivity contribution in [1.29, 1.82) is 0 Å². The van der Waals surface area contributed by atoms with Crippen LogP contribution < -0.4 is 5.32 Å². The molecule has 1 aliphatic heterocycles. The molecule has 0 bridgehead atoms. The summed E-state index contributed by atoms with van der Waals surface area (Å²) in [5.41, 5.74) is 0.776. The highest BCUT2D eigenvalue weighted by molar-refractivity contribution is 5.00. The molecule has 1 heteroatoms. The van der Waals surface area contributed by atoms with Gasteiger partial charge in [-0.15, -0.1) is 0 Å². The van der Waals surface area contributed by atoms with Gasteiger partial charge in [0.2, 0.25) is 0 Å². The molecule has 0 radical (unpaired) electrons. The van der Waals surface area contributed by atoms with E-state index in [0.717, 1.165) is 11.3 Å². The van der Waals surface area contributed by atoms with Crippen LogP contribution in [0.15, 0.2) is 0 Å². The van der Waals surface area contributed by atoms with Crippen molar-refractivity contribution >= 4 is 0 Å². The lowest BCUT2D eigenvalue weighted by molar-refractivity contribution is 0.251. The SMILES string of the molecule is C[C@@H]1CCNCC12CC2. The summed E-state index contributed by atoms with van der Waals surface area (Å²) < 4.78 is 0. The summed E-state index contributed by atoms with van der Waals surface area (Å²) in [5, 5.41) is 3.47. The molecule has 1 heterocycles. The van der Waals surface area contributed by atoms with E-state index in [0.29, 0.717) is 0 Å². The molecule has 0 amide bonds. The summed E-state index contributed by atoms with van der Waals surface area (Å²) in [6, 6.07) is 0. The van der Waals surface area contributed by atoms with Gasteiger partial charge < -0.3 is 5.32 Å². The van der Waals surface area contributed by atoms with Gasteiger partial charge in [0, 0.05) is 6.54 Å². The molecule has 1 nitrogen and oxygen atoms in total. The minimum Gasteiger partial charge on any atom is -0.316 e. The fourth-order valence-electron chi connectivity index (χ4n) is 1.97. The second kappa shape index (κ2) is 1.72. The molecule has 1 saturated heterocycles. The van der Waals surface area contributed by atoms with E-state index in [-0.39, 0.29) is 0 Å². The summed E-state index contributed by atoms with van der Waals surface area (Å²) in [6.07, 6.45) is 4.38. The summed E-state index contributed by atoms with van der Waals surface area (Å²) in [4.78, 5) is 0. The van der Waals surface area contributed by atoms with Gasteiger partial charge in [-0.25, -0.2) is 0 Å². The first-order valence-electron chi connectivity index (χ1n) is 4.04. The number of hydrogen-bond acceptors (Lipinski definition) is 1. The van der Waals surface area contributed by atoms with Gasteiger partial charge in [-0.1, -0.05) is 6.92 Å². The van der Waals surface area contributed by atoms with Crippen molar-refractivity contribution in [2.24, 2.45) is 11.3 Å². The molecule has 1 spiro atoms. The molecular weight excluding hydrogens is 110 g/mol. The molecule has 0 aromatic heterocycles. The van der Waals surface area contributed by atoms with Gasteiger partial charge in [-0.2, -0.15) is 0 Å². The summed E-state index contributed by atoms with van der Waals surface area (Å²) in [5.74, 6) is 0.999. The van der Waals surface area contributed by atoms with Gasteiger partial charge in [-0.05, 0) is 37.1 Å². The van der Waals surface area contributed by atoms with E-state index in [1.807, 2.05) is 0 Å². The van der Waals surface area contributed by atoms with Crippen LogP contribution in [0.5, 0.6) is 0 Å². The van der Waals surface area contributed by atoms with Crippen molar-refractivity contribution in [1.82, 2.24) is 5.32 Å². The van der Waals surface area contributed by atoms with E-state index in [1.165, 1.54) is 32.4 Å². The smallest absolute Gasteiger partial charge is 0.00104 e. The Kier molecular flexibility index (Phi) is 1.10. The van der Waals surface area contributed by atoms with Crippen LogP contribution in [-0.2, 0) is 0 Å². The van der Waals surface area contributed by atoms with Gasteiger partial charge >= 0.3 is 0 Å². The second-order valence-electron chi connectivity index (χ2n) is 3.73. The first kappa shape index (κ1) is 5.72. The average molecular weight is 125 g/mol. The fourth-order valence-corrected chi connectivity index (χ4v) is 1.97. The van der Waals surface area contributed by atoms with Gasteiger partial charge in [0.1, 0.15) is 0 Å². The van der Waals surface area contributed by atoms with Crippen molar-refractivity contribution in [3.63, 3.8) is 0 Å². The molecule has 2 aliphatic rings. The Bertz CT molecular complexity index is 116. The zero-order valence-corrected chi connectivity index (χ0v) is 6.11. The Morgan fingerprint density at radius 2 is 2.22 bits per heavy atom. The Labute approximate surface area is 56.8 Å². The standard InChI is InChI=1S/C8H15N/c1-7-2-5-9-6-8(7)3-4-8/h7,9H,2-6H2,1H3/t7-/m1/s1. The maximum atomic E-state index is 3.47. The van der Waals surface area contributed by atoms with Crippen molar-refractivity contribution in [3.8, 4) is 0 Å². The number of piperidine rings is 1. The summed E-state index contributed by atoms with van der Waals surface area (Å²) >= 11 is 0. The third-order valence-corrected chi connectivity index (χ3v) is 3.17. The normalized spacial score (nSPS) is 39.0. The van der Waals surface area contributed by atoms with E-state index < -0.39 is 0 Å². The van der Waals surface area contributed by atoms with Gasteiger partial charge in [0.15, 0.2) is 0 Å². The van der Waals surface area contributed by atoms with Crippen LogP contribution in [0.4, 0.5) is 0 Å². The van der Waals surface area contributed by atoms with E-state index in [2.05, 4.69) is 12.2 Å². The van der Waals surface area contributed by atoms with Crippen LogP contribution in [0, 0.1) is 11.3 Å². The van der Waals surface area contributed by atoms with Crippen LogP contribution in [0.25, 0.3) is 0 Å². The maximum absolute atomic E-state index is 3.47. The van der Waals surface area contributed by atoms with Crippen molar-refractivity contribution in [2.75, 3.05) is 13.1 Å². The Morgan fingerprint density at radius 1 is 1.44 bits per heavy atom. The predicted molar refractivity (Wildman–Crippen MR) is 38.3 cm³/mol. The lowest BCUT2D eigenvalue weighted by Gasteiger charge is -2.29. The first-order valence-corrected chi connectivity index (χ1v) is 4.04. The summed E-state index contributed by atoms with van der Waals surface area (Å²) in [6.45, 7) is 4.96. The van der Waals surface area contributed by atoms with Crippen LogP contribution in [0.3, 0.4) is 0 Å². The van der Waals surface area contributed by atoms with E-state index in [1.54, 1.807) is 0 Å². The summed E-state index contributed by atoms with van der Waals surface area (Å²) in [7, 11) is 0. The van der Waals surface area contributed by atoms with E-state index in [9.17, 15) is 0 Å². The van der Waals surface area contributed by atoms with Crippen LogP contribution in [0.1, 0.15) is 26.2 Å². The molecular formula is C8H15N. The Morgan fingerprint density at radius 3 is 2.67 bits per heavy atom. The van der Waals surface area contributed by atoms with Crippen molar-refractivity contribution in [3.05, 3.63) is 0 Å². The number of hydrogen-bond donors (Lipinski definition) is 1. The maximum Gasteiger partial charge on any atom is 0.00104 e. The molecule has 2 rings (SSSR count). The van der Waals surface area contributed by atoms with Crippen molar-refractivity contribution < 1.29 is 0 Å². The lowest BCUT2D eigenvalue weighted by Crippen LogP contribution is -2.36. The van der Waals surface area contributed by atoms with Crippen LogP contribution >= 0.6 is 0 Å². The number of nitrogens with one attached hydrogen (secondary N) is 1. The number of rotatable bonds is 0. The van der Waals surface area contributed by atoms with Crippen LogP contribution in [-0.4, -0.2) is 13.1 Å². The molecule has 1 saturated carbocycles. The third kappa shape index (κ3) is 0.787. The minimum atomic E-state index is 0.776. The molecule has 0 aromatic rings. The zero-order valence-electron chi connectivity index (χ0n) is 6.11. The third-order valence-electron chi connectivity index (χ3n) is 3.17. The van der Waals surface area contributed by atoms with Crippen LogP contribution in [0.2, 0.25) is 0 Å². The monoisotopic (exact) mass is 125 g/mol.